The van der Waals surface area contributed by atoms with E-state index in [0.717, 1.165) is 12.8 Å². The van der Waals surface area contributed by atoms with Gasteiger partial charge in [-0.15, -0.1) is 12.4 Å². The van der Waals surface area contributed by atoms with E-state index in [1.165, 1.54) is 18.4 Å². The van der Waals surface area contributed by atoms with Crippen LogP contribution >= 0.6 is 12.4 Å². The van der Waals surface area contributed by atoms with Crippen LogP contribution in [0.4, 0.5) is 0 Å². The first kappa shape index (κ1) is 13.5. The molecule has 0 aromatic heterocycles. The van der Waals surface area contributed by atoms with Crippen molar-refractivity contribution in [1.82, 2.24) is 5.32 Å². The minimum Gasteiger partial charge on any atom is -0.349 e. The molecule has 1 fully saturated rings. The Morgan fingerprint density at radius 1 is 1.57 bits per heavy atom. The van der Waals surface area contributed by atoms with Gasteiger partial charge in [0.25, 0.3) is 0 Å². The molecule has 1 aliphatic carbocycles. The lowest BCUT2D eigenvalue weighted by Gasteiger charge is -2.09. The Labute approximate surface area is 91.5 Å². The number of halogens is 1. The monoisotopic (exact) mass is 218 g/mol. The summed E-state index contributed by atoms with van der Waals surface area (Å²) in [4.78, 5) is 11.3. The fraction of sp³-hybridized carbons (Fsp3) is 0.700. The molecule has 1 atom stereocenters. The molecule has 1 aliphatic rings. The van der Waals surface area contributed by atoms with Crippen molar-refractivity contribution in [3.8, 4) is 0 Å². The molecule has 0 heterocycles. The van der Waals surface area contributed by atoms with Crippen molar-refractivity contribution in [3.05, 3.63) is 11.6 Å². The van der Waals surface area contributed by atoms with Crippen LogP contribution in [0.1, 0.15) is 32.6 Å². The molecule has 3 nitrogen and oxygen atoms in total. The van der Waals surface area contributed by atoms with Crippen LogP contribution in [-0.2, 0) is 4.79 Å². The maximum atomic E-state index is 11.3. The molecule has 0 aromatic carbocycles. The van der Waals surface area contributed by atoms with E-state index in [1.807, 2.05) is 6.92 Å². The summed E-state index contributed by atoms with van der Waals surface area (Å²) in [6.45, 7) is 2.40. The normalized spacial score (nSPS) is 17.1. The van der Waals surface area contributed by atoms with Crippen LogP contribution in [0.15, 0.2) is 11.6 Å². The second-order valence-electron chi connectivity index (χ2n) is 3.66. The van der Waals surface area contributed by atoms with E-state index in [1.54, 1.807) is 6.08 Å². The maximum absolute atomic E-state index is 11.3. The topological polar surface area (TPSA) is 55.1 Å². The number of allylic oxidation sites excluding steroid dienone is 1. The molecular formula is C10H19ClN2O. The van der Waals surface area contributed by atoms with E-state index in [2.05, 4.69) is 5.32 Å². The van der Waals surface area contributed by atoms with E-state index < -0.39 is 0 Å². The largest absolute Gasteiger partial charge is 0.349 e. The number of carbonyl (C=O) groups excluding carboxylic acids is 1. The number of rotatable bonds is 3. The average molecular weight is 219 g/mol. The SMILES string of the molecule is C[C@H](CN)NC(=O)C=C1CCCC1.Cl. The molecule has 3 N–H and O–H groups in total. The molecule has 0 bridgehead atoms. The minimum atomic E-state index is 0. The number of nitrogens with one attached hydrogen (secondary N) is 1. The van der Waals surface area contributed by atoms with Crippen molar-refractivity contribution in [2.45, 2.75) is 38.6 Å². The van der Waals surface area contributed by atoms with E-state index in [9.17, 15) is 4.79 Å². The van der Waals surface area contributed by atoms with Gasteiger partial charge in [0.05, 0.1) is 0 Å². The van der Waals surface area contributed by atoms with Gasteiger partial charge in [-0.25, -0.2) is 0 Å². The van der Waals surface area contributed by atoms with Crippen LogP contribution in [0.5, 0.6) is 0 Å². The number of carbonyl (C=O) groups is 1. The lowest BCUT2D eigenvalue weighted by Crippen LogP contribution is -2.36. The van der Waals surface area contributed by atoms with Gasteiger partial charge in [-0.05, 0) is 32.6 Å². The Bertz CT molecular complexity index is 208. The molecule has 0 aliphatic heterocycles. The highest BCUT2D eigenvalue weighted by atomic mass is 35.5. The quantitative estimate of drug-likeness (QED) is 0.704. The lowest BCUT2D eigenvalue weighted by atomic mass is 10.2. The summed E-state index contributed by atoms with van der Waals surface area (Å²) in [5, 5.41) is 2.82. The van der Waals surface area contributed by atoms with E-state index in [0.29, 0.717) is 6.54 Å². The molecule has 0 spiro atoms. The van der Waals surface area contributed by atoms with Crippen LogP contribution < -0.4 is 11.1 Å². The van der Waals surface area contributed by atoms with Crippen LogP contribution in [0.2, 0.25) is 0 Å². The zero-order valence-corrected chi connectivity index (χ0v) is 9.40. The second kappa shape index (κ2) is 6.85. The van der Waals surface area contributed by atoms with Gasteiger partial charge in [-0.1, -0.05) is 5.57 Å². The number of amides is 1. The molecule has 1 amide bonds. The summed E-state index contributed by atoms with van der Waals surface area (Å²) >= 11 is 0. The third-order valence-corrected chi connectivity index (χ3v) is 2.32. The molecule has 1 saturated carbocycles. The van der Waals surface area contributed by atoms with Crippen molar-refractivity contribution < 1.29 is 4.79 Å². The third kappa shape index (κ3) is 4.63. The summed E-state index contributed by atoms with van der Waals surface area (Å²) in [5.41, 5.74) is 6.67. The van der Waals surface area contributed by atoms with Gasteiger partial charge in [-0.2, -0.15) is 0 Å². The van der Waals surface area contributed by atoms with Crippen molar-refractivity contribution in [2.24, 2.45) is 5.73 Å². The minimum absolute atomic E-state index is 0. The highest BCUT2D eigenvalue weighted by Gasteiger charge is 2.09. The first-order valence-electron chi connectivity index (χ1n) is 4.92. The van der Waals surface area contributed by atoms with Gasteiger partial charge < -0.3 is 11.1 Å². The molecule has 1 rings (SSSR count). The molecule has 0 saturated heterocycles. The lowest BCUT2D eigenvalue weighted by molar-refractivity contribution is -0.117. The molecule has 14 heavy (non-hydrogen) atoms. The molecule has 0 aromatic rings. The first-order valence-corrected chi connectivity index (χ1v) is 4.92. The number of nitrogens with two attached hydrogens (primary N) is 1. The van der Waals surface area contributed by atoms with Crippen molar-refractivity contribution in [2.75, 3.05) is 6.54 Å². The summed E-state index contributed by atoms with van der Waals surface area (Å²) in [6, 6.07) is 0.0748. The Kier molecular flexibility index (Phi) is 6.58. The predicted molar refractivity (Wildman–Crippen MR) is 60.5 cm³/mol. The van der Waals surface area contributed by atoms with Gasteiger partial charge in [0.2, 0.25) is 5.91 Å². The van der Waals surface area contributed by atoms with Gasteiger partial charge in [0, 0.05) is 18.7 Å². The van der Waals surface area contributed by atoms with Gasteiger partial charge in [0.15, 0.2) is 0 Å². The van der Waals surface area contributed by atoms with E-state index in [-0.39, 0.29) is 24.4 Å². The van der Waals surface area contributed by atoms with Crippen LogP contribution in [-0.4, -0.2) is 18.5 Å². The highest BCUT2D eigenvalue weighted by molar-refractivity contribution is 5.88. The van der Waals surface area contributed by atoms with E-state index in [4.69, 9.17) is 5.73 Å². The molecular weight excluding hydrogens is 200 g/mol. The third-order valence-electron chi connectivity index (χ3n) is 2.32. The smallest absolute Gasteiger partial charge is 0.244 e. The Morgan fingerprint density at radius 2 is 2.14 bits per heavy atom. The summed E-state index contributed by atoms with van der Waals surface area (Å²) < 4.78 is 0. The van der Waals surface area contributed by atoms with Gasteiger partial charge in [-0.3, -0.25) is 4.79 Å². The zero-order chi connectivity index (χ0) is 9.68. The standard InChI is InChI=1S/C10H18N2O.ClH/c1-8(7-11)12-10(13)6-9-4-2-3-5-9;/h6,8H,2-5,7,11H2,1H3,(H,12,13);1H/t8-;/m1./s1. The van der Waals surface area contributed by atoms with Crippen LogP contribution in [0.25, 0.3) is 0 Å². The average Bonchev–Trinajstić information content (AvgIpc) is 2.56. The fourth-order valence-corrected chi connectivity index (χ4v) is 1.50. The zero-order valence-electron chi connectivity index (χ0n) is 8.58. The number of hydrogen-bond acceptors (Lipinski definition) is 2. The molecule has 0 radical (unpaired) electrons. The highest BCUT2D eigenvalue weighted by Crippen LogP contribution is 2.23. The second-order valence-corrected chi connectivity index (χ2v) is 3.66. The molecule has 4 heteroatoms. The predicted octanol–water partition coefficient (Wildman–Crippen LogP) is 1.37. The summed E-state index contributed by atoms with van der Waals surface area (Å²) in [6.07, 6.45) is 6.37. The first-order chi connectivity index (χ1) is 6.22. The Balaban J connectivity index is 0.00000169. The number of hydrogen-bond donors (Lipinski definition) is 2. The fourth-order valence-electron chi connectivity index (χ4n) is 1.50. The van der Waals surface area contributed by atoms with Crippen LogP contribution in [0.3, 0.4) is 0 Å². The molecule has 82 valence electrons. The van der Waals surface area contributed by atoms with Crippen molar-refractivity contribution >= 4 is 18.3 Å². The van der Waals surface area contributed by atoms with Gasteiger partial charge in [0.1, 0.15) is 0 Å². The Morgan fingerprint density at radius 3 is 2.64 bits per heavy atom. The van der Waals surface area contributed by atoms with Crippen molar-refractivity contribution in [1.29, 1.82) is 0 Å². The molecule has 0 unspecified atom stereocenters. The maximum Gasteiger partial charge on any atom is 0.244 e. The van der Waals surface area contributed by atoms with E-state index >= 15 is 0 Å². The van der Waals surface area contributed by atoms with Crippen LogP contribution in [0, 0.1) is 0 Å². The van der Waals surface area contributed by atoms with Gasteiger partial charge >= 0.3 is 0 Å². The Hall–Kier alpha value is -0.540. The van der Waals surface area contributed by atoms with Crippen molar-refractivity contribution in [3.63, 3.8) is 0 Å². The summed E-state index contributed by atoms with van der Waals surface area (Å²) in [5.74, 6) is 0.00912. The summed E-state index contributed by atoms with van der Waals surface area (Å²) in [7, 11) is 0.